The Bertz CT molecular complexity index is 300. The van der Waals surface area contributed by atoms with Crippen LogP contribution in [0, 0.1) is 17.6 Å². The summed E-state index contributed by atoms with van der Waals surface area (Å²) in [5.74, 6) is -0.787. The predicted octanol–water partition coefficient (Wildman–Crippen LogP) is 2.37. The van der Waals surface area contributed by atoms with E-state index in [0.29, 0.717) is 0 Å². The molecule has 0 spiro atoms. The van der Waals surface area contributed by atoms with Crippen molar-refractivity contribution < 1.29 is 8.78 Å². The van der Waals surface area contributed by atoms with Gasteiger partial charge >= 0.3 is 0 Å². The number of rotatable bonds is 2. The molecule has 1 nitrogen and oxygen atoms in total. The molecule has 1 aliphatic carbocycles. The highest BCUT2D eigenvalue weighted by Gasteiger charge is 2.32. The molecule has 0 aliphatic heterocycles. The highest BCUT2D eigenvalue weighted by atomic mass is 19.1. The summed E-state index contributed by atoms with van der Waals surface area (Å²) in [6.07, 6.45) is 1.96. The monoisotopic (exact) mass is 183 g/mol. The third kappa shape index (κ3) is 1.56. The summed E-state index contributed by atoms with van der Waals surface area (Å²) in [6, 6.07) is 3.39. The Morgan fingerprint density at radius 1 is 1.23 bits per heavy atom. The molecule has 0 amide bonds. The van der Waals surface area contributed by atoms with Crippen LogP contribution in [-0.4, -0.2) is 0 Å². The average Bonchev–Trinajstić information content (AvgIpc) is 2.85. The highest BCUT2D eigenvalue weighted by Crippen LogP contribution is 2.40. The number of hydrogen-bond donors (Lipinski definition) is 1. The second-order valence-corrected chi connectivity index (χ2v) is 3.50. The number of halogens is 2. The number of hydrogen-bond acceptors (Lipinski definition) is 1. The fourth-order valence-corrected chi connectivity index (χ4v) is 1.52. The number of benzene rings is 1. The molecule has 0 radical (unpaired) electrons. The minimum absolute atomic E-state index is 0.0463. The molecular weight excluding hydrogens is 172 g/mol. The summed E-state index contributed by atoms with van der Waals surface area (Å²) >= 11 is 0. The maximum Gasteiger partial charge on any atom is 0.130 e. The maximum atomic E-state index is 13.2. The summed E-state index contributed by atoms with van der Waals surface area (Å²) in [5.41, 5.74) is 5.77. The Morgan fingerprint density at radius 2 is 1.77 bits per heavy atom. The van der Waals surface area contributed by atoms with Gasteiger partial charge in [0.2, 0.25) is 0 Å². The maximum absolute atomic E-state index is 13.2. The first-order chi connectivity index (χ1) is 6.20. The Hall–Kier alpha value is -0.960. The predicted molar refractivity (Wildman–Crippen MR) is 46.0 cm³/mol. The van der Waals surface area contributed by atoms with Crippen molar-refractivity contribution in [2.24, 2.45) is 11.7 Å². The lowest BCUT2D eigenvalue weighted by Crippen LogP contribution is -2.16. The van der Waals surface area contributed by atoms with Crippen LogP contribution in [0.5, 0.6) is 0 Å². The van der Waals surface area contributed by atoms with Crippen LogP contribution in [0.15, 0.2) is 18.2 Å². The van der Waals surface area contributed by atoms with Crippen molar-refractivity contribution in [3.8, 4) is 0 Å². The van der Waals surface area contributed by atoms with Crippen molar-refractivity contribution in [3.05, 3.63) is 35.4 Å². The zero-order valence-electron chi connectivity index (χ0n) is 7.13. The van der Waals surface area contributed by atoms with E-state index < -0.39 is 17.7 Å². The Labute approximate surface area is 75.6 Å². The molecular formula is C10H11F2N. The van der Waals surface area contributed by atoms with Crippen LogP contribution in [0.3, 0.4) is 0 Å². The standard InChI is InChI=1S/C10H11F2N/c11-7-2-1-3-8(12)9(7)10(13)6-4-5-6/h1-3,6,10H,4-5,13H2. The van der Waals surface area contributed by atoms with Crippen molar-refractivity contribution in [1.82, 2.24) is 0 Å². The van der Waals surface area contributed by atoms with Gasteiger partial charge in [0.05, 0.1) is 0 Å². The van der Waals surface area contributed by atoms with Crippen molar-refractivity contribution in [3.63, 3.8) is 0 Å². The molecule has 2 N–H and O–H groups in total. The van der Waals surface area contributed by atoms with Gasteiger partial charge in [0.15, 0.2) is 0 Å². The van der Waals surface area contributed by atoms with Gasteiger partial charge in [-0.05, 0) is 30.9 Å². The summed E-state index contributed by atoms with van der Waals surface area (Å²) < 4.78 is 26.3. The van der Waals surface area contributed by atoms with Crippen LogP contribution in [0.25, 0.3) is 0 Å². The molecule has 1 unspecified atom stereocenters. The van der Waals surface area contributed by atoms with Crippen molar-refractivity contribution in [2.75, 3.05) is 0 Å². The molecule has 0 heterocycles. The number of nitrogens with two attached hydrogens (primary N) is 1. The van der Waals surface area contributed by atoms with Crippen LogP contribution in [0.1, 0.15) is 24.4 Å². The van der Waals surface area contributed by atoms with Crippen LogP contribution < -0.4 is 5.73 Å². The minimum Gasteiger partial charge on any atom is -0.324 e. The Balaban J connectivity index is 2.36. The van der Waals surface area contributed by atoms with E-state index in [-0.39, 0.29) is 11.5 Å². The zero-order chi connectivity index (χ0) is 9.42. The van der Waals surface area contributed by atoms with Crippen molar-refractivity contribution >= 4 is 0 Å². The molecule has 1 saturated carbocycles. The van der Waals surface area contributed by atoms with E-state index >= 15 is 0 Å². The van der Waals surface area contributed by atoms with Crippen molar-refractivity contribution in [1.29, 1.82) is 0 Å². The van der Waals surface area contributed by atoms with E-state index in [1.54, 1.807) is 0 Å². The van der Waals surface area contributed by atoms with Gasteiger partial charge in [-0.1, -0.05) is 6.07 Å². The Kier molecular flexibility index (Phi) is 2.04. The zero-order valence-corrected chi connectivity index (χ0v) is 7.13. The first kappa shape index (κ1) is 8.63. The van der Waals surface area contributed by atoms with E-state index in [9.17, 15) is 8.78 Å². The van der Waals surface area contributed by atoms with E-state index in [0.717, 1.165) is 12.8 Å². The third-order valence-electron chi connectivity index (χ3n) is 2.46. The van der Waals surface area contributed by atoms with Crippen LogP contribution in [-0.2, 0) is 0 Å². The first-order valence-corrected chi connectivity index (χ1v) is 4.39. The lowest BCUT2D eigenvalue weighted by atomic mass is 10.0. The van der Waals surface area contributed by atoms with Gasteiger partial charge in [0, 0.05) is 11.6 Å². The quantitative estimate of drug-likeness (QED) is 0.748. The Morgan fingerprint density at radius 3 is 2.23 bits per heavy atom. The molecule has 0 bridgehead atoms. The molecule has 0 saturated heterocycles. The van der Waals surface area contributed by atoms with Crippen LogP contribution in [0.2, 0.25) is 0 Å². The molecule has 1 aromatic rings. The van der Waals surface area contributed by atoms with Gasteiger partial charge in [0.1, 0.15) is 11.6 Å². The summed E-state index contributed by atoms with van der Waals surface area (Å²) in [4.78, 5) is 0. The van der Waals surface area contributed by atoms with Gasteiger partial charge in [-0.3, -0.25) is 0 Å². The smallest absolute Gasteiger partial charge is 0.130 e. The van der Waals surface area contributed by atoms with Crippen molar-refractivity contribution in [2.45, 2.75) is 18.9 Å². The largest absolute Gasteiger partial charge is 0.324 e. The summed E-state index contributed by atoms with van der Waals surface area (Å²) in [7, 11) is 0. The fourth-order valence-electron chi connectivity index (χ4n) is 1.52. The fraction of sp³-hybridized carbons (Fsp3) is 0.400. The molecule has 0 aromatic heterocycles. The second kappa shape index (κ2) is 3.07. The lowest BCUT2D eigenvalue weighted by molar-refractivity contribution is 0.503. The van der Waals surface area contributed by atoms with E-state index in [1.165, 1.54) is 18.2 Å². The normalized spacial score (nSPS) is 18.7. The molecule has 13 heavy (non-hydrogen) atoms. The van der Waals surface area contributed by atoms with E-state index in [4.69, 9.17) is 5.73 Å². The molecule has 2 rings (SSSR count). The highest BCUT2D eigenvalue weighted by molar-refractivity contribution is 5.24. The topological polar surface area (TPSA) is 26.0 Å². The van der Waals surface area contributed by atoms with Gasteiger partial charge in [0.25, 0.3) is 0 Å². The van der Waals surface area contributed by atoms with Gasteiger partial charge in [-0.25, -0.2) is 8.78 Å². The average molecular weight is 183 g/mol. The minimum atomic E-state index is -0.528. The third-order valence-corrected chi connectivity index (χ3v) is 2.46. The summed E-state index contributed by atoms with van der Waals surface area (Å²) in [5, 5.41) is 0. The van der Waals surface area contributed by atoms with Gasteiger partial charge < -0.3 is 5.73 Å². The molecule has 3 heteroatoms. The summed E-state index contributed by atoms with van der Waals surface area (Å²) in [6.45, 7) is 0. The SMILES string of the molecule is NC(c1c(F)cccc1F)C1CC1. The van der Waals surface area contributed by atoms with Gasteiger partial charge in [-0.2, -0.15) is 0 Å². The lowest BCUT2D eigenvalue weighted by Gasteiger charge is -2.12. The molecule has 1 aliphatic rings. The van der Waals surface area contributed by atoms with Crippen LogP contribution >= 0.6 is 0 Å². The van der Waals surface area contributed by atoms with Crippen LogP contribution in [0.4, 0.5) is 8.78 Å². The van der Waals surface area contributed by atoms with E-state index in [1.807, 2.05) is 0 Å². The molecule has 70 valence electrons. The molecule has 1 aromatic carbocycles. The van der Waals surface area contributed by atoms with E-state index in [2.05, 4.69) is 0 Å². The molecule has 1 fully saturated rings. The van der Waals surface area contributed by atoms with Gasteiger partial charge in [-0.15, -0.1) is 0 Å². The first-order valence-electron chi connectivity index (χ1n) is 4.39. The second-order valence-electron chi connectivity index (χ2n) is 3.50. The molecule has 1 atom stereocenters.